The molecule has 0 bridgehead atoms. The largest absolute Gasteiger partial charge is 0.488 e. The van der Waals surface area contributed by atoms with Crippen molar-refractivity contribution in [2.75, 3.05) is 6.16 Å². The highest BCUT2D eigenvalue weighted by molar-refractivity contribution is 7.79. The Kier molecular flexibility index (Phi) is 5.33. The van der Waals surface area contributed by atoms with Crippen LogP contribution in [0.1, 0.15) is 5.56 Å². The molecule has 0 saturated carbocycles. The van der Waals surface area contributed by atoms with E-state index in [-0.39, 0.29) is 6.16 Å². The van der Waals surface area contributed by atoms with Gasteiger partial charge in [-0.15, -0.1) is 0 Å². The zero-order valence-electron chi connectivity index (χ0n) is 13.7. The highest BCUT2D eigenvalue weighted by atomic mass is 31.2. The second kappa shape index (κ2) is 7.83. The summed E-state index contributed by atoms with van der Waals surface area (Å²) in [6.07, 6.45) is -0.0529. The van der Waals surface area contributed by atoms with E-state index in [0.29, 0.717) is 23.0 Å². The van der Waals surface area contributed by atoms with Crippen molar-refractivity contribution in [2.24, 2.45) is 0 Å². The highest BCUT2D eigenvalue weighted by Crippen LogP contribution is 2.45. The summed E-state index contributed by atoms with van der Waals surface area (Å²) in [4.78, 5) is 0. The van der Waals surface area contributed by atoms with Crippen LogP contribution in [0.3, 0.4) is 0 Å². The number of ether oxygens (including phenoxy) is 1. The zero-order valence-corrected chi connectivity index (χ0v) is 14.6. The van der Waals surface area contributed by atoms with E-state index in [0.717, 1.165) is 5.56 Å². The number of hydrogen-bond donors (Lipinski definition) is 0. The van der Waals surface area contributed by atoms with Crippen LogP contribution in [0.15, 0.2) is 84.9 Å². The molecule has 0 amide bonds. The van der Waals surface area contributed by atoms with Crippen LogP contribution in [-0.2, 0) is 11.2 Å². The summed E-state index contributed by atoms with van der Waals surface area (Å²) in [5.74, 6) is 0.564. The molecule has 1 atom stereocenters. The van der Waals surface area contributed by atoms with Crippen LogP contribution >= 0.6 is 7.14 Å². The molecule has 0 saturated heterocycles. The van der Waals surface area contributed by atoms with Gasteiger partial charge in [0.2, 0.25) is 0 Å². The minimum absolute atomic E-state index is 0.0529. The van der Waals surface area contributed by atoms with Gasteiger partial charge in [0.25, 0.3) is 0 Å². The Hall–Kier alpha value is -2.82. The Morgan fingerprint density at radius 3 is 2.12 bits per heavy atom. The van der Waals surface area contributed by atoms with Crippen LogP contribution in [0.25, 0.3) is 0 Å². The van der Waals surface area contributed by atoms with Crippen molar-refractivity contribution >= 4 is 17.8 Å². The molecule has 4 heteroatoms. The van der Waals surface area contributed by atoms with Crippen molar-refractivity contribution in [3.05, 3.63) is 90.5 Å². The number of benzene rings is 3. The fourth-order valence-electron chi connectivity index (χ4n) is 2.70. The highest BCUT2D eigenvalue weighted by Gasteiger charge is 2.30. The van der Waals surface area contributed by atoms with Crippen molar-refractivity contribution < 1.29 is 9.30 Å². The van der Waals surface area contributed by atoms with Gasteiger partial charge in [0, 0.05) is 5.30 Å². The van der Waals surface area contributed by atoms with E-state index in [2.05, 4.69) is 6.07 Å². The molecule has 0 aliphatic carbocycles. The van der Waals surface area contributed by atoms with Gasteiger partial charge < -0.3 is 9.30 Å². The van der Waals surface area contributed by atoms with E-state index in [4.69, 9.17) is 4.74 Å². The van der Waals surface area contributed by atoms with Crippen LogP contribution in [0.2, 0.25) is 0 Å². The van der Waals surface area contributed by atoms with Crippen molar-refractivity contribution in [3.63, 3.8) is 0 Å². The molecule has 3 aromatic rings. The molecule has 0 aliphatic heterocycles. The van der Waals surface area contributed by atoms with E-state index < -0.39 is 7.14 Å². The second-order valence-electron chi connectivity index (χ2n) is 5.63. The lowest BCUT2D eigenvalue weighted by atomic mass is 10.2. The number of nitrogens with zero attached hydrogens (tertiary/aromatic N) is 1. The van der Waals surface area contributed by atoms with E-state index >= 15 is 0 Å². The predicted octanol–water partition coefficient (Wildman–Crippen LogP) is 4.10. The van der Waals surface area contributed by atoms with Gasteiger partial charge in [-0.1, -0.05) is 72.8 Å². The van der Waals surface area contributed by atoms with E-state index in [9.17, 15) is 9.83 Å². The summed E-state index contributed by atoms with van der Waals surface area (Å²) < 4.78 is 19.7. The molecule has 1 unspecified atom stereocenters. The molecule has 25 heavy (non-hydrogen) atoms. The molecule has 0 radical (unpaired) electrons. The minimum Gasteiger partial charge on any atom is -0.488 e. The van der Waals surface area contributed by atoms with Crippen molar-refractivity contribution in [1.82, 2.24) is 0 Å². The van der Waals surface area contributed by atoms with E-state index in [1.54, 1.807) is 6.07 Å². The topological polar surface area (TPSA) is 50.1 Å². The summed E-state index contributed by atoms with van der Waals surface area (Å²) in [7, 11) is -3.07. The van der Waals surface area contributed by atoms with Crippen LogP contribution in [-0.4, -0.2) is 6.16 Å². The molecule has 0 aromatic heterocycles. The molecule has 0 fully saturated rings. The number of hydrogen-bond acceptors (Lipinski definition) is 3. The fraction of sp³-hybridized carbons (Fsp3) is 0.0952. The molecule has 3 aromatic carbocycles. The molecule has 0 N–H and O–H groups in total. The predicted molar refractivity (Wildman–Crippen MR) is 101 cm³/mol. The third-order valence-electron chi connectivity index (χ3n) is 3.96. The fourth-order valence-corrected chi connectivity index (χ4v) is 5.00. The van der Waals surface area contributed by atoms with Gasteiger partial charge in [-0.2, -0.15) is 5.26 Å². The maximum atomic E-state index is 13.7. The maximum Gasteiger partial charge on any atom is 0.160 e. The first kappa shape index (κ1) is 17.0. The Balaban J connectivity index is 1.98. The molecule has 124 valence electrons. The lowest BCUT2D eigenvalue weighted by Gasteiger charge is -2.20. The Labute approximate surface area is 147 Å². The summed E-state index contributed by atoms with van der Waals surface area (Å²) in [6, 6.07) is 28.4. The first-order valence-corrected chi connectivity index (χ1v) is 9.91. The van der Waals surface area contributed by atoms with Gasteiger partial charge in [-0.05, 0) is 17.7 Å². The number of rotatable bonds is 6. The Bertz CT molecular complexity index is 917. The third-order valence-corrected chi connectivity index (χ3v) is 6.83. The Morgan fingerprint density at radius 1 is 0.840 bits per heavy atom. The van der Waals surface area contributed by atoms with E-state index in [1.807, 2.05) is 78.9 Å². The average Bonchev–Trinajstić information content (AvgIpc) is 2.68. The standard InChI is InChI=1S/C21H18NO2P/c22-15-16-25(23,19-11-5-2-6-12-19)21-14-8-7-13-20(21)24-17-18-9-3-1-4-10-18/h1-14H,16-17H2. The molecule has 3 nitrogen and oxygen atoms in total. The van der Waals surface area contributed by atoms with E-state index in [1.165, 1.54) is 0 Å². The van der Waals surface area contributed by atoms with Crippen LogP contribution < -0.4 is 15.3 Å². The first-order valence-electron chi connectivity index (χ1n) is 8.02. The Morgan fingerprint density at radius 2 is 1.44 bits per heavy atom. The minimum atomic E-state index is -3.07. The average molecular weight is 347 g/mol. The molecule has 0 spiro atoms. The van der Waals surface area contributed by atoms with Crippen molar-refractivity contribution in [2.45, 2.75) is 6.61 Å². The van der Waals surface area contributed by atoms with Gasteiger partial charge >= 0.3 is 0 Å². The van der Waals surface area contributed by atoms with Crippen LogP contribution in [0, 0.1) is 11.3 Å². The molecule has 3 rings (SSSR count). The normalized spacial score (nSPS) is 12.8. The van der Waals surface area contributed by atoms with Gasteiger partial charge in [0.1, 0.15) is 12.4 Å². The lowest BCUT2D eigenvalue weighted by Crippen LogP contribution is -2.20. The lowest BCUT2D eigenvalue weighted by molar-refractivity contribution is 0.308. The van der Waals surface area contributed by atoms with Crippen LogP contribution in [0.5, 0.6) is 5.75 Å². The number of para-hydroxylation sites is 1. The molecular formula is C21H18NO2P. The monoisotopic (exact) mass is 347 g/mol. The zero-order chi connectivity index (χ0) is 17.5. The smallest absolute Gasteiger partial charge is 0.160 e. The van der Waals surface area contributed by atoms with Gasteiger partial charge in [-0.3, -0.25) is 0 Å². The summed E-state index contributed by atoms with van der Waals surface area (Å²) in [5.41, 5.74) is 1.03. The van der Waals surface area contributed by atoms with Gasteiger partial charge in [0.05, 0.1) is 17.5 Å². The van der Waals surface area contributed by atoms with Gasteiger partial charge in [0.15, 0.2) is 7.14 Å². The summed E-state index contributed by atoms with van der Waals surface area (Å²) >= 11 is 0. The summed E-state index contributed by atoms with van der Waals surface area (Å²) in [5, 5.41) is 10.5. The summed E-state index contributed by atoms with van der Waals surface area (Å²) in [6.45, 7) is 0.388. The molecule has 0 aliphatic rings. The second-order valence-corrected chi connectivity index (χ2v) is 8.43. The third kappa shape index (κ3) is 3.82. The maximum absolute atomic E-state index is 13.7. The quantitative estimate of drug-likeness (QED) is 0.631. The molecular weight excluding hydrogens is 329 g/mol. The van der Waals surface area contributed by atoms with Crippen LogP contribution in [0.4, 0.5) is 0 Å². The van der Waals surface area contributed by atoms with Crippen molar-refractivity contribution in [1.29, 1.82) is 5.26 Å². The van der Waals surface area contributed by atoms with Gasteiger partial charge in [-0.25, -0.2) is 0 Å². The first-order chi connectivity index (χ1) is 12.2. The van der Waals surface area contributed by atoms with Crippen molar-refractivity contribution in [3.8, 4) is 11.8 Å². The number of nitriles is 1. The molecule has 0 heterocycles. The SMILES string of the molecule is N#CCP(=O)(c1ccccc1)c1ccccc1OCc1ccccc1.